The van der Waals surface area contributed by atoms with Crippen molar-refractivity contribution in [1.29, 1.82) is 0 Å². The molecule has 1 fully saturated rings. The lowest BCUT2D eigenvalue weighted by Crippen LogP contribution is -2.37. The van der Waals surface area contributed by atoms with Crippen molar-refractivity contribution in [3.63, 3.8) is 0 Å². The van der Waals surface area contributed by atoms with Gasteiger partial charge in [-0.2, -0.15) is 0 Å². The van der Waals surface area contributed by atoms with Gasteiger partial charge in [0.25, 0.3) is 5.91 Å². The summed E-state index contributed by atoms with van der Waals surface area (Å²) < 4.78 is 5.27. The van der Waals surface area contributed by atoms with E-state index >= 15 is 0 Å². The van der Waals surface area contributed by atoms with Crippen molar-refractivity contribution in [3.8, 4) is 5.75 Å². The van der Waals surface area contributed by atoms with Crippen LogP contribution in [-0.4, -0.2) is 41.1 Å². The second-order valence-corrected chi connectivity index (χ2v) is 9.53. The Hall–Kier alpha value is -4.73. The average molecular weight is 549 g/mol. The number of aliphatic carboxylic acids is 1. The van der Waals surface area contributed by atoms with Gasteiger partial charge in [0.2, 0.25) is 6.41 Å². The first-order valence-electron chi connectivity index (χ1n) is 13.2. The van der Waals surface area contributed by atoms with Crippen molar-refractivity contribution in [2.75, 3.05) is 17.2 Å². The van der Waals surface area contributed by atoms with Crippen molar-refractivity contribution in [2.24, 2.45) is 5.73 Å². The first-order valence-corrected chi connectivity index (χ1v) is 13.2. The maximum Gasteiger partial charge on any atom is 0.328 e. The number of amides is 2. The summed E-state index contributed by atoms with van der Waals surface area (Å²) in [5.74, 6) is -1.32. The van der Waals surface area contributed by atoms with Crippen LogP contribution in [0.5, 0.6) is 5.75 Å². The van der Waals surface area contributed by atoms with E-state index in [9.17, 15) is 14.7 Å². The summed E-state index contributed by atoms with van der Waals surface area (Å²) in [6.45, 7) is 1.08. The SMILES string of the molecule is NC=O.Nc1cc(C(=O)NCCc2ccc(O)c(/C=C/C(=O)O)c2)ccc1N(Cc1ccoc1)C1CCCCC1. The molecule has 4 rings (SSSR count). The fraction of sp³-hybridized carbons (Fsp3) is 0.300. The summed E-state index contributed by atoms with van der Waals surface area (Å²) in [5, 5.41) is 21.6. The minimum atomic E-state index is -1.09. The number of carboxylic acid groups (broad SMARTS) is 1. The molecule has 40 heavy (non-hydrogen) atoms. The highest BCUT2D eigenvalue weighted by molar-refractivity contribution is 5.96. The molecule has 0 saturated heterocycles. The molecular weight excluding hydrogens is 512 g/mol. The molecule has 1 saturated carbocycles. The van der Waals surface area contributed by atoms with E-state index in [1.54, 1.807) is 30.7 Å². The quantitative estimate of drug-likeness (QED) is 0.143. The predicted octanol–water partition coefficient (Wildman–Crippen LogP) is 4.08. The molecule has 7 N–H and O–H groups in total. The van der Waals surface area contributed by atoms with Crippen LogP contribution in [0.4, 0.5) is 11.4 Å². The molecule has 10 nitrogen and oxygen atoms in total. The van der Waals surface area contributed by atoms with Crippen LogP contribution in [-0.2, 0) is 22.6 Å². The Morgan fingerprint density at radius 2 is 1.82 bits per heavy atom. The number of carbonyl (C=O) groups is 3. The number of carboxylic acids is 1. The highest BCUT2D eigenvalue weighted by Gasteiger charge is 2.24. The van der Waals surface area contributed by atoms with Crippen LogP contribution in [0.25, 0.3) is 6.08 Å². The number of aromatic hydroxyl groups is 1. The number of nitrogen functional groups attached to an aromatic ring is 1. The molecule has 10 heteroatoms. The van der Waals surface area contributed by atoms with Crippen molar-refractivity contribution in [3.05, 3.63) is 83.3 Å². The fourth-order valence-corrected chi connectivity index (χ4v) is 4.82. The molecule has 0 aliphatic heterocycles. The third-order valence-corrected chi connectivity index (χ3v) is 6.74. The summed E-state index contributed by atoms with van der Waals surface area (Å²) >= 11 is 0. The number of nitrogens with zero attached hydrogens (tertiary/aromatic N) is 1. The highest BCUT2D eigenvalue weighted by Crippen LogP contribution is 2.33. The second-order valence-electron chi connectivity index (χ2n) is 9.53. The minimum Gasteiger partial charge on any atom is -0.507 e. The second kappa shape index (κ2) is 15.0. The van der Waals surface area contributed by atoms with E-state index in [2.05, 4.69) is 16.0 Å². The maximum atomic E-state index is 12.8. The molecule has 3 aromatic rings. The molecule has 2 amide bonds. The molecule has 1 aliphatic rings. The molecule has 1 heterocycles. The first kappa shape index (κ1) is 29.8. The van der Waals surface area contributed by atoms with Gasteiger partial charge in [-0.05, 0) is 67.3 Å². The number of benzene rings is 2. The van der Waals surface area contributed by atoms with Crippen LogP contribution in [0.2, 0.25) is 0 Å². The van der Waals surface area contributed by atoms with Gasteiger partial charge in [-0.15, -0.1) is 0 Å². The Morgan fingerprint density at radius 1 is 1.07 bits per heavy atom. The Balaban J connectivity index is 0.00000141. The largest absolute Gasteiger partial charge is 0.507 e. The molecule has 0 unspecified atom stereocenters. The van der Waals surface area contributed by atoms with Gasteiger partial charge in [-0.1, -0.05) is 25.3 Å². The standard InChI is InChI=1S/C29H33N3O5.CH3NO/c30-25-17-23(29(36)31-14-12-20-6-10-27(33)22(16-20)8-11-28(34)35)7-9-26(25)32(18-21-13-15-37-19-21)24-4-2-1-3-5-24;2-1-3/h6-11,13,15-17,19,24,33H,1-5,12,14,18,30H2,(H,31,36)(H,34,35);1H,(H2,2,3)/b11-8+;. The van der Waals surface area contributed by atoms with E-state index in [-0.39, 0.29) is 18.1 Å². The van der Waals surface area contributed by atoms with E-state index in [1.165, 1.54) is 31.4 Å². The zero-order valence-electron chi connectivity index (χ0n) is 22.3. The predicted molar refractivity (Wildman–Crippen MR) is 154 cm³/mol. The van der Waals surface area contributed by atoms with Gasteiger partial charge in [0.1, 0.15) is 5.75 Å². The molecule has 2 aromatic carbocycles. The van der Waals surface area contributed by atoms with Crippen LogP contribution in [0.1, 0.15) is 59.2 Å². The van der Waals surface area contributed by atoms with Crippen molar-refractivity contribution >= 4 is 35.7 Å². The summed E-state index contributed by atoms with van der Waals surface area (Å²) in [5.41, 5.74) is 15.0. The Labute approximate surface area is 233 Å². The van der Waals surface area contributed by atoms with Gasteiger partial charge in [-0.3, -0.25) is 9.59 Å². The zero-order valence-corrected chi connectivity index (χ0v) is 22.3. The zero-order chi connectivity index (χ0) is 28.9. The van der Waals surface area contributed by atoms with E-state index in [1.807, 2.05) is 18.2 Å². The minimum absolute atomic E-state index is 0.00380. The van der Waals surface area contributed by atoms with Gasteiger partial charge in [0, 0.05) is 41.9 Å². The molecule has 0 radical (unpaired) electrons. The van der Waals surface area contributed by atoms with Crippen LogP contribution in [0.3, 0.4) is 0 Å². The van der Waals surface area contributed by atoms with E-state index in [0.717, 1.165) is 35.7 Å². The third kappa shape index (κ3) is 8.65. The Bertz CT molecular complexity index is 1300. The first-order chi connectivity index (χ1) is 19.3. The number of phenolic OH excluding ortho intramolecular Hbond substituents is 1. The summed E-state index contributed by atoms with van der Waals surface area (Å²) in [6.07, 6.45) is 12.4. The van der Waals surface area contributed by atoms with E-state index in [4.69, 9.17) is 20.1 Å². The van der Waals surface area contributed by atoms with Crippen molar-refractivity contribution < 1.29 is 29.0 Å². The molecule has 1 aliphatic carbocycles. The van der Waals surface area contributed by atoms with Gasteiger partial charge in [0.05, 0.1) is 23.9 Å². The molecule has 0 spiro atoms. The lowest BCUT2D eigenvalue weighted by molar-refractivity contribution is -0.131. The molecule has 212 valence electrons. The third-order valence-electron chi connectivity index (χ3n) is 6.74. The fourth-order valence-electron chi connectivity index (χ4n) is 4.82. The summed E-state index contributed by atoms with van der Waals surface area (Å²) in [7, 11) is 0. The molecule has 1 aromatic heterocycles. The van der Waals surface area contributed by atoms with E-state index < -0.39 is 5.97 Å². The summed E-state index contributed by atoms with van der Waals surface area (Å²) in [6, 6.07) is 12.8. The van der Waals surface area contributed by atoms with Crippen LogP contribution >= 0.6 is 0 Å². The van der Waals surface area contributed by atoms with Gasteiger partial charge >= 0.3 is 5.97 Å². The van der Waals surface area contributed by atoms with Crippen LogP contribution in [0.15, 0.2) is 65.5 Å². The molecule has 0 atom stereocenters. The van der Waals surface area contributed by atoms with E-state index in [0.29, 0.717) is 42.4 Å². The normalized spacial score (nSPS) is 13.3. The number of carbonyl (C=O) groups excluding carboxylic acids is 2. The van der Waals surface area contributed by atoms with Gasteiger partial charge < -0.3 is 36.3 Å². The number of nitrogens with two attached hydrogens (primary N) is 2. The number of primary amides is 1. The topological polar surface area (TPSA) is 172 Å². The monoisotopic (exact) mass is 548 g/mol. The number of hydrogen-bond acceptors (Lipinski definition) is 7. The smallest absolute Gasteiger partial charge is 0.328 e. The van der Waals surface area contributed by atoms with Crippen LogP contribution < -0.4 is 21.7 Å². The molecular formula is C30H36N4O6. The average Bonchev–Trinajstić information content (AvgIpc) is 3.46. The van der Waals surface area contributed by atoms with Gasteiger partial charge in [-0.25, -0.2) is 4.79 Å². The Kier molecular flexibility index (Phi) is 11.2. The van der Waals surface area contributed by atoms with Gasteiger partial charge in [0.15, 0.2) is 0 Å². The summed E-state index contributed by atoms with van der Waals surface area (Å²) in [4.78, 5) is 34.5. The number of nitrogens with one attached hydrogen (secondary N) is 1. The van der Waals surface area contributed by atoms with Crippen molar-refractivity contribution in [2.45, 2.75) is 51.1 Å². The number of rotatable bonds is 10. The Morgan fingerprint density at radius 3 is 2.48 bits per heavy atom. The molecule has 0 bridgehead atoms. The van der Waals surface area contributed by atoms with Crippen LogP contribution in [0, 0.1) is 0 Å². The lowest BCUT2D eigenvalue weighted by atomic mass is 9.93. The number of phenols is 1. The van der Waals surface area contributed by atoms with Crippen molar-refractivity contribution in [1.82, 2.24) is 5.32 Å². The highest BCUT2D eigenvalue weighted by atomic mass is 16.4. The number of furan rings is 1. The maximum absolute atomic E-state index is 12.8. The number of anilines is 2. The number of hydrogen-bond donors (Lipinski definition) is 5. The lowest BCUT2D eigenvalue weighted by Gasteiger charge is -2.36.